The lowest BCUT2D eigenvalue weighted by atomic mass is 9.92. The Balaban J connectivity index is 1.63. The lowest BCUT2D eigenvalue weighted by molar-refractivity contribution is -0.00312. The molecule has 1 aliphatic carbocycles. The van der Waals surface area contributed by atoms with Crippen LogP contribution in [0.1, 0.15) is 57.6 Å². The van der Waals surface area contributed by atoms with E-state index in [1.165, 1.54) is 30.3 Å². The van der Waals surface area contributed by atoms with Gasteiger partial charge >= 0.3 is 0 Å². The minimum absolute atomic E-state index is 0.000443. The summed E-state index contributed by atoms with van der Waals surface area (Å²) in [7, 11) is 0. The summed E-state index contributed by atoms with van der Waals surface area (Å²) in [5.41, 5.74) is 1.10. The summed E-state index contributed by atoms with van der Waals surface area (Å²) in [6.45, 7) is 0.629. The third-order valence-electron chi connectivity index (χ3n) is 5.82. The summed E-state index contributed by atoms with van der Waals surface area (Å²) in [5, 5.41) is 10.4. The first kappa shape index (κ1) is 25.1. The second-order valence-electron chi connectivity index (χ2n) is 8.33. The van der Waals surface area contributed by atoms with Crippen molar-refractivity contribution in [2.24, 2.45) is 0 Å². The summed E-state index contributed by atoms with van der Waals surface area (Å²) < 4.78 is 62.5. The van der Waals surface area contributed by atoms with E-state index in [9.17, 15) is 22.4 Å². The van der Waals surface area contributed by atoms with Gasteiger partial charge in [-0.25, -0.2) is 8.78 Å². The lowest BCUT2D eigenvalue weighted by Gasteiger charge is -2.22. The van der Waals surface area contributed by atoms with Crippen LogP contribution in [-0.4, -0.2) is 22.6 Å². The molecule has 1 heterocycles. The van der Waals surface area contributed by atoms with Gasteiger partial charge in [-0.3, -0.25) is 4.79 Å². The predicted octanol–water partition coefficient (Wildman–Crippen LogP) is 6.68. The van der Waals surface area contributed by atoms with Crippen LogP contribution in [0.5, 0.6) is 11.6 Å². The Kier molecular flexibility index (Phi) is 7.39. The Hall–Kier alpha value is -3.01. The van der Waals surface area contributed by atoms with Gasteiger partial charge in [-0.2, -0.15) is 13.9 Å². The fraction of sp³-hybridized carbons (Fsp3) is 0.320. The molecular weight excluding hydrogens is 530 g/mol. The highest BCUT2D eigenvalue weighted by molar-refractivity contribution is 9.10. The monoisotopic (exact) mass is 551 g/mol. The maximum absolute atomic E-state index is 15.0. The first-order valence-corrected chi connectivity index (χ1v) is 11.8. The second kappa shape index (κ2) is 10.3. The van der Waals surface area contributed by atoms with Gasteiger partial charge in [0.15, 0.2) is 0 Å². The number of carbonyl (C=O) groups is 1. The number of rotatable bonds is 7. The van der Waals surface area contributed by atoms with Gasteiger partial charge < -0.3 is 10.1 Å². The average Bonchev–Trinajstić information content (AvgIpc) is 2.82. The minimum Gasteiger partial charge on any atom is -0.437 e. The molecule has 184 valence electrons. The molecule has 0 saturated heterocycles. The Bertz CT molecular complexity index is 1250. The molecule has 1 amide bonds. The zero-order valence-electron chi connectivity index (χ0n) is 18.8. The summed E-state index contributed by atoms with van der Waals surface area (Å²) in [4.78, 5) is 13.2. The molecule has 0 radical (unpaired) electrons. The maximum Gasteiger partial charge on any atom is 0.290 e. The molecule has 0 aliphatic heterocycles. The SMILES string of the molecule is Cc1cc(Br)ccc1C(F)(F)CNC(=O)c1c(Oc2cccc(C(F)F)c2)nnc2c1CCCC2. The zero-order chi connectivity index (χ0) is 25.2. The van der Waals surface area contributed by atoms with E-state index in [4.69, 9.17) is 4.74 Å². The highest BCUT2D eigenvalue weighted by Gasteiger charge is 2.35. The molecule has 0 fully saturated rings. The molecule has 0 bridgehead atoms. The number of hydrogen-bond acceptors (Lipinski definition) is 4. The van der Waals surface area contributed by atoms with Crippen LogP contribution in [0.15, 0.2) is 46.9 Å². The van der Waals surface area contributed by atoms with Crippen molar-refractivity contribution >= 4 is 21.8 Å². The number of carbonyl (C=O) groups excluding carboxylic acids is 1. The third-order valence-corrected chi connectivity index (χ3v) is 6.31. The summed E-state index contributed by atoms with van der Waals surface area (Å²) in [6.07, 6.45) is 0.0370. The molecule has 1 N–H and O–H groups in total. The molecule has 0 atom stereocenters. The van der Waals surface area contributed by atoms with Crippen LogP contribution in [0, 0.1) is 6.92 Å². The maximum atomic E-state index is 15.0. The van der Waals surface area contributed by atoms with Crippen molar-refractivity contribution in [2.45, 2.75) is 45.0 Å². The van der Waals surface area contributed by atoms with Gasteiger partial charge in [-0.1, -0.05) is 34.1 Å². The summed E-state index contributed by atoms with van der Waals surface area (Å²) in [5.74, 6) is -4.28. The van der Waals surface area contributed by atoms with E-state index in [1.807, 2.05) is 0 Å². The van der Waals surface area contributed by atoms with Crippen molar-refractivity contribution < 1.29 is 27.1 Å². The average molecular weight is 552 g/mol. The van der Waals surface area contributed by atoms with Crippen LogP contribution in [-0.2, 0) is 18.8 Å². The molecule has 0 saturated carbocycles. The number of benzene rings is 2. The number of fused-ring (bicyclic) bond motifs is 1. The van der Waals surface area contributed by atoms with Crippen LogP contribution in [0.25, 0.3) is 0 Å². The van der Waals surface area contributed by atoms with Gasteiger partial charge in [0, 0.05) is 15.6 Å². The van der Waals surface area contributed by atoms with Crippen molar-refractivity contribution in [3.05, 3.63) is 80.4 Å². The van der Waals surface area contributed by atoms with Crippen molar-refractivity contribution in [1.82, 2.24) is 15.5 Å². The number of aryl methyl sites for hydroxylation is 2. The molecule has 0 unspecified atom stereocenters. The van der Waals surface area contributed by atoms with Crippen LogP contribution >= 0.6 is 15.9 Å². The number of nitrogens with zero attached hydrogens (tertiary/aromatic N) is 2. The highest BCUT2D eigenvalue weighted by Crippen LogP contribution is 2.34. The van der Waals surface area contributed by atoms with Crippen molar-refractivity contribution in [2.75, 3.05) is 6.54 Å². The molecule has 5 nitrogen and oxygen atoms in total. The number of hydrogen-bond donors (Lipinski definition) is 1. The van der Waals surface area contributed by atoms with E-state index >= 15 is 0 Å². The molecule has 1 aliphatic rings. The van der Waals surface area contributed by atoms with Gasteiger partial charge in [0.1, 0.15) is 11.3 Å². The number of aromatic nitrogens is 2. The number of ether oxygens (including phenoxy) is 1. The predicted molar refractivity (Wildman–Crippen MR) is 125 cm³/mol. The number of halogens is 5. The van der Waals surface area contributed by atoms with Gasteiger partial charge in [0.2, 0.25) is 0 Å². The van der Waals surface area contributed by atoms with Gasteiger partial charge in [0.05, 0.1) is 12.2 Å². The fourth-order valence-corrected chi connectivity index (χ4v) is 4.57. The third kappa shape index (κ3) is 5.63. The van der Waals surface area contributed by atoms with E-state index in [-0.39, 0.29) is 28.3 Å². The quantitative estimate of drug-likeness (QED) is 0.333. The smallest absolute Gasteiger partial charge is 0.290 e. The second-order valence-corrected chi connectivity index (χ2v) is 9.25. The van der Waals surface area contributed by atoms with Gasteiger partial charge in [0.25, 0.3) is 24.1 Å². The molecular formula is C25H22BrF4N3O2. The zero-order valence-corrected chi connectivity index (χ0v) is 20.3. The Labute approximate surface area is 208 Å². The first-order chi connectivity index (χ1) is 16.7. The van der Waals surface area contributed by atoms with E-state index < -0.39 is 24.8 Å². The first-order valence-electron chi connectivity index (χ1n) is 11.0. The van der Waals surface area contributed by atoms with Gasteiger partial charge in [-0.05, 0) is 68.0 Å². The molecule has 35 heavy (non-hydrogen) atoms. The molecule has 2 aromatic carbocycles. The Morgan fingerprint density at radius 1 is 1.14 bits per heavy atom. The van der Waals surface area contributed by atoms with Crippen LogP contribution in [0.2, 0.25) is 0 Å². The number of amides is 1. The van der Waals surface area contributed by atoms with E-state index in [0.29, 0.717) is 34.1 Å². The molecule has 3 aromatic rings. The Morgan fingerprint density at radius 2 is 1.91 bits per heavy atom. The van der Waals surface area contributed by atoms with Crippen LogP contribution in [0.4, 0.5) is 17.6 Å². The fourth-order valence-electron chi connectivity index (χ4n) is 4.10. The molecule has 1 aromatic heterocycles. The Morgan fingerprint density at radius 3 is 2.66 bits per heavy atom. The van der Waals surface area contributed by atoms with Crippen molar-refractivity contribution in [3.63, 3.8) is 0 Å². The van der Waals surface area contributed by atoms with E-state index in [2.05, 4.69) is 31.4 Å². The largest absolute Gasteiger partial charge is 0.437 e. The molecule has 10 heteroatoms. The molecule has 4 rings (SSSR count). The standard InChI is InChI=1S/C25H22BrF4N3O2/c1-14-11-16(26)9-10-19(14)25(29,30)13-31-23(34)21-18-7-2-3-8-20(18)32-33-24(21)35-17-6-4-5-15(12-17)22(27)28/h4-6,9-12,22H,2-3,7-8,13H2,1H3,(H,31,34). The number of nitrogens with one attached hydrogen (secondary N) is 1. The van der Waals surface area contributed by atoms with E-state index in [1.54, 1.807) is 13.0 Å². The molecule has 0 spiro atoms. The summed E-state index contributed by atoms with van der Waals surface area (Å²) >= 11 is 3.26. The van der Waals surface area contributed by atoms with Crippen molar-refractivity contribution in [1.29, 1.82) is 0 Å². The van der Waals surface area contributed by atoms with Crippen LogP contribution < -0.4 is 10.1 Å². The highest BCUT2D eigenvalue weighted by atomic mass is 79.9. The van der Waals surface area contributed by atoms with Gasteiger partial charge in [-0.15, -0.1) is 5.10 Å². The lowest BCUT2D eigenvalue weighted by Crippen LogP contribution is -2.36. The normalized spacial score (nSPS) is 13.5. The number of alkyl halides is 4. The summed E-state index contributed by atoms with van der Waals surface area (Å²) in [6, 6.07) is 9.62. The topological polar surface area (TPSA) is 64.1 Å². The minimum atomic E-state index is -3.33. The van der Waals surface area contributed by atoms with Crippen LogP contribution in [0.3, 0.4) is 0 Å². The van der Waals surface area contributed by atoms with Crippen molar-refractivity contribution in [3.8, 4) is 11.6 Å². The van der Waals surface area contributed by atoms with E-state index in [0.717, 1.165) is 18.9 Å².